The zero-order valence-corrected chi connectivity index (χ0v) is 7.24. The minimum absolute atomic E-state index is 0. The molecule has 0 atom stereocenters. The summed E-state index contributed by atoms with van der Waals surface area (Å²) in [6, 6.07) is 0. The molecule has 0 aromatic rings. The Labute approximate surface area is 58.8 Å². The Morgan fingerprint density at radius 3 is 1.86 bits per heavy atom. The van der Waals surface area contributed by atoms with Crippen molar-refractivity contribution in [2.45, 2.75) is 24.9 Å². The molecule has 1 radical (unpaired) electrons. The topological polar surface area (TPSA) is 0 Å². The van der Waals surface area contributed by atoms with Gasteiger partial charge in [0.1, 0.15) is 0 Å². The van der Waals surface area contributed by atoms with Crippen LogP contribution in [0.5, 0.6) is 0 Å². The van der Waals surface area contributed by atoms with Crippen LogP contribution < -0.4 is 0 Å². The third-order valence-corrected chi connectivity index (χ3v) is 2.12. The monoisotopic (exact) mass is 135 g/mol. The minimum Gasteiger partial charge on any atom is -0.147 e. The number of halogens is 1. The number of rotatable bonds is 2. The van der Waals surface area contributed by atoms with Crippen LogP contribution >= 0.6 is 12.4 Å². The van der Waals surface area contributed by atoms with E-state index in [0.29, 0.717) is 0 Å². The van der Waals surface area contributed by atoms with Crippen LogP contribution in [0.2, 0.25) is 11.1 Å². The van der Waals surface area contributed by atoms with Gasteiger partial charge in [-0.05, 0) is 0 Å². The van der Waals surface area contributed by atoms with Crippen LogP contribution in [0.4, 0.5) is 0 Å². The summed E-state index contributed by atoms with van der Waals surface area (Å²) in [6.07, 6.45) is 0. The van der Waals surface area contributed by atoms with Crippen molar-refractivity contribution < 1.29 is 0 Å². The zero-order valence-electron chi connectivity index (χ0n) is 5.27. The number of hydrogen-bond acceptors (Lipinski definition) is 0. The van der Waals surface area contributed by atoms with Crippen molar-refractivity contribution in [2.75, 3.05) is 0 Å². The van der Waals surface area contributed by atoms with E-state index in [-0.39, 0.29) is 12.4 Å². The van der Waals surface area contributed by atoms with Crippen molar-refractivity contribution in [1.29, 1.82) is 0 Å². The average Bonchev–Trinajstić information content (AvgIpc) is 1.35. The zero-order chi connectivity index (χ0) is 4.99. The Kier molecular flexibility index (Phi) is 10.5. The third kappa shape index (κ3) is 10.9. The molecular formula is C5H13AlCl. The van der Waals surface area contributed by atoms with Gasteiger partial charge >= 0.3 is 0 Å². The summed E-state index contributed by atoms with van der Waals surface area (Å²) in [5.41, 5.74) is 0. The van der Waals surface area contributed by atoms with E-state index in [9.17, 15) is 0 Å². The molecule has 0 rings (SSSR count). The van der Waals surface area contributed by atoms with Crippen molar-refractivity contribution in [3.05, 3.63) is 0 Å². The molecule has 0 aliphatic carbocycles. The molecular weight excluding hydrogens is 122 g/mol. The van der Waals surface area contributed by atoms with Gasteiger partial charge in [0.2, 0.25) is 0 Å². The van der Waals surface area contributed by atoms with Gasteiger partial charge in [0.05, 0.1) is 0 Å². The van der Waals surface area contributed by atoms with Crippen LogP contribution in [-0.2, 0) is 0 Å². The molecule has 0 heterocycles. The van der Waals surface area contributed by atoms with Crippen LogP contribution in [0.1, 0.15) is 13.8 Å². The number of hydrogen-bond donors (Lipinski definition) is 0. The molecule has 43 valence electrons. The highest BCUT2D eigenvalue weighted by Crippen LogP contribution is 1.96. The van der Waals surface area contributed by atoms with Gasteiger partial charge in [0, 0.05) is 0 Å². The molecule has 0 unspecified atom stereocenters. The third-order valence-electron chi connectivity index (χ3n) is 0.707. The summed E-state index contributed by atoms with van der Waals surface area (Å²) in [5, 5.41) is 1.46. The van der Waals surface area contributed by atoms with Gasteiger partial charge in [-0.2, -0.15) is 0 Å². The quantitative estimate of drug-likeness (QED) is 0.510. The smallest absolute Gasteiger partial charge is 0.147 e. The second-order valence-electron chi connectivity index (χ2n) is 2.04. The Morgan fingerprint density at radius 1 is 1.43 bits per heavy atom. The first-order chi connectivity index (χ1) is 2.77. The highest BCUT2D eigenvalue weighted by molar-refractivity contribution is 6.33. The van der Waals surface area contributed by atoms with Gasteiger partial charge in [0.25, 0.3) is 0 Å². The molecule has 7 heavy (non-hydrogen) atoms. The summed E-state index contributed by atoms with van der Waals surface area (Å²) in [5.74, 6) is 3.24. The fourth-order valence-corrected chi connectivity index (χ4v) is 1.41. The van der Waals surface area contributed by atoms with Gasteiger partial charge in [-0.25, -0.2) is 0 Å². The SMILES string of the molecule is Cl.[CH3][Al][CH2]C(C)C. The summed E-state index contributed by atoms with van der Waals surface area (Å²) in [6.45, 7) is 4.55. The molecule has 0 aromatic carbocycles. The van der Waals surface area contributed by atoms with Crippen molar-refractivity contribution in [1.82, 2.24) is 0 Å². The molecule has 0 saturated carbocycles. The first-order valence-electron chi connectivity index (χ1n) is 2.55. The second kappa shape index (κ2) is 6.82. The Bertz CT molecular complexity index is 29.3. The van der Waals surface area contributed by atoms with E-state index in [2.05, 4.69) is 19.6 Å². The van der Waals surface area contributed by atoms with E-state index in [1.54, 1.807) is 0 Å². The lowest BCUT2D eigenvalue weighted by Crippen LogP contribution is -1.88. The van der Waals surface area contributed by atoms with Crippen LogP contribution in [0.15, 0.2) is 0 Å². The molecule has 0 saturated heterocycles. The maximum absolute atomic E-state index is 2.31. The molecule has 0 amide bonds. The van der Waals surface area contributed by atoms with Gasteiger partial charge < -0.3 is 0 Å². The highest BCUT2D eigenvalue weighted by Gasteiger charge is 1.87. The summed E-state index contributed by atoms with van der Waals surface area (Å²) >= 11 is 0.752. The molecule has 0 N–H and O–H groups in total. The molecule has 0 bridgehead atoms. The molecule has 0 fully saturated rings. The van der Waals surface area contributed by atoms with Crippen LogP contribution in [-0.4, -0.2) is 15.2 Å². The predicted molar refractivity (Wildman–Crippen MR) is 38.5 cm³/mol. The second-order valence-corrected chi connectivity index (χ2v) is 3.33. The molecule has 0 aliphatic rings. The van der Waals surface area contributed by atoms with Gasteiger partial charge in [-0.1, -0.05) is 19.8 Å². The summed E-state index contributed by atoms with van der Waals surface area (Å²) in [4.78, 5) is 0. The first kappa shape index (κ1) is 10.7. The van der Waals surface area contributed by atoms with Crippen molar-refractivity contribution in [3.8, 4) is 0 Å². The van der Waals surface area contributed by atoms with Crippen molar-refractivity contribution >= 4 is 27.6 Å². The Balaban J connectivity index is 0. The molecule has 0 aromatic heterocycles. The van der Waals surface area contributed by atoms with E-state index in [4.69, 9.17) is 0 Å². The Hall–Kier alpha value is 0.822. The van der Waals surface area contributed by atoms with Crippen molar-refractivity contribution in [2.24, 2.45) is 5.92 Å². The maximum atomic E-state index is 2.31. The van der Waals surface area contributed by atoms with E-state index in [1.807, 2.05) is 0 Å². The van der Waals surface area contributed by atoms with Gasteiger partial charge in [0.15, 0.2) is 15.2 Å². The van der Waals surface area contributed by atoms with Crippen LogP contribution in [0.3, 0.4) is 0 Å². The maximum Gasteiger partial charge on any atom is 0.196 e. The van der Waals surface area contributed by atoms with Crippen molar-refractivity contribution in [3.63, 3.8) is 0 Å². The first-order valence-corrected chi connectivity index (χ1v) is 4.52. The highest BCUT2D eigenvalue weighted by atomic mass is 35.5. The van der Waals surface area contributed by atoms with Gasteiger partial charge in [-0.3, -0.25) is 0 Å². The van der Waals surface area contributed by atoms with E-state index in [0.717, 1.165) is 21.1 Å². The molecule has 2 heteroatoms. The molecule has 0 nitrogen and oxygen atoms in total. The van der Waals surface area contributed by atoms with E-state index < -0.39 is 0 Å². The lowest BCUT2D eigenvalue weighted by molar-refractivity contribution is 0.731. The summed E-state index contributed by atoms with van der Waals surface area (Å²) in [7, 11) is 0. The lowest BCUT2D eigenvalue weighted by atomic mass is 10.3. The Morgan fingerprint density at radius 2 is 1.86 bits per heavy atom. The van der Waals surface area contributed by atoms with E-state index in [1.165, 1.54) is 5.28 Å². The standard InChI is InChI=1S/C4H9.CH3.Al.ClH/c1-4(2)3;;;/h4H,1H2,2-3H3;1H3;;1H. The largest absolute Gasteiger partial charge is 0.196 e. The predicted octanol–water partition coefficient (Wildman–Crippen LogP) is 2.23. The molecule has 0 spiro atoms. The van der Waals surface area contributed by atoms with Gasteiger partial charge in [-0.15, -0.1) is 23.5 Å². The minimum atomic E-state index is 0. The normalized spacial score (nSPS) is 8.00. The average molecular weight is 136 g/mol. The molecule has 0 aliphatic heterocycles. The fraction of sp³-hybridized carbons (Fsp3) is 1.00. The van der Waals surface area contributed by atoms with Crippen LogP contribution in [0, 0.1) is 5.92 Å². The van der Waals surface area contributed by atoms with E-state index >= 15 is 0 Å². The van der Waals surface area contributed by atoms with Crippen LogP contribution in [0.25, 0.3) is 0 Å². The lowest BCUT2D eigenvalue weighted by Gasteiger charge is -1.94. The summed E-state index contributed by atoms with van der Waals surface area (Å²) < 4.78 is 0. The fourth-order valence-electron chi connectivity index (χ4n) is 0.471.